The summed E-state index contributed by atoms with van der Waals surface area (Å²) in [5.41, 5.74) is 3.26. The highest BCUT2D eigenvalue weighted by Gasteiger charge is 2.18. The number of hydrogen-bond acceptors (Lipinski definition) is 9. The van der Waals surface area contributed by atoms with E-state index in [9.17, 15) is 18.5 Å². The lowest BCUT2D eigenvalue weighted by molar-refractivity contribution is -0.115. The fourth-order valence-corrected chi connectivity index (χ4v) is 6.24. The van der Waals surface area contributed by atoms with Crippen LogP contribution >= 0.6 is 23.1 Å². The summed E-state index contributed by atoms with van der Waals surface area (Å²) in [5.74, 6) is 0.270. The predicted molar refractivity (Wildman–Crippen MR) is 131 cm³/mol. The van der Waals surface area contributed by atoms with Gasteiger partial charge in [-0.05, 0) is 68.5 Å². The Kier molecular flexibility index (Phi) is 7.45. The molecular weight excluding hydrogens is 492 g/mol. The molecule has 0 fully saturated rings. The number of nitrogens with one attached hydrogen (secondary N) is 2. The Morgan fingerprint density at radius 1 is 1.21 bits per heavy atom. The van der Waals surface area contributed by atoms with Crippen LogP contribution in [0.4, 0.5) is 10.8 Å². The van der Waals surface area contributed by atoms with Crippen molar-refractivity contribution >= 4 is 49.8 Å². The molecule has 1 aliphatic carbocycles. The van der Waals surface area contributed by atoms with Gasteiger partial charge < -0.3 is 5.32 Å². The molecule has 34 heavy (non-hydrogen) atoms. The van der Waals surface area contributed by atoms with Crippen LogP contribution in [0.25, 0.3) is 0 Å². The second-order valence-corrected chi connectivity index (χ2v) is 11.6. The van der Waals surface area contributed by atoms with Crippen molar-refractivity contribution in [3.8, 4) is 6.07 Å². The molecule has 176 valence electrons. The number of benzene rings is 1. The van der Waals surface area contributed by atoms with Crippen LogP contribution in [-0.2, 0) is 27.7 Å². The monoisotopic (exact) mass is 514 g/mol. The zero-order valence-electron chi connectivity index (χ0n) is 18.4. The van der Waals surface area contributed by atoms with Crippen LogP contribution in [0.3, 0.4) is 0 Å². The Bertz CT molecular complexity index is 1350. The summed E-state index contributed by atoms with van der Waals surface area (Å²) in [4.78, 5) is 17.1. The van der Waals surface area contributed by atoms with Crippen LogP contribution in [0.1, 0.15) is 41.1 Å². The molecule has 2 heterocycles. The van der Waals surface area contributed by atoms with Crippen molar-refractivity contribution in [1.82, 2.24) is 15.2 Å². The molecule has 0 radical (unpaired) electrons. The Hall–Kier alpha value is -3.01. The molecule has 0 atom stereocenters. The molecule has 1 amide bonds. The van der Waals surface area contributed by atoms with Crippen LogP contribution in [0, 0.1) is 18.3 Å². The SMILES string of the molecule is Cc1nnc(NS(=O)(=O)c2ccc(NC(=O)CCSc3nc4c(cc3C#N)CCCC4)cc2)s1. The van der Waals surface area contributed by atoms with Crippen molar-refractivity contribution in [1.29, 1.82) is 5.26 Å². The number of fused-ring (bicyclic) bond motifs is 1. The number of thioether (sulfide) groups is 1. The third-order valence-electron chi connectivity index (χ3n) is 5.15. The summed E-state index contributed by atoms with van der Waals surface area (Å²) >= 11 is 2.54. The van der Waals surface area contributed by atoms with Gasteiger partial charge in [-0.25, -0.2) is 13.4 Å². The summed E-state index contributed by atoms with van der Waals surface area (Å²) in [6, 6.07) is 10.0. The molecule has 0 saturated heterocycles. The van der Waals surface area contributed by atoms with Crippen molar-refractivity contribution in [2.24, 2.45) is 0 Å². The molecule has 0 bridgehead atoms. The Labute approximate surface area is 206 Å². The normalized spacial score (nSPS) is 13.1. The van der Waals surface area contributed by atoms with Gasteiger partial charge in [0, 0.05) is 23.6 Å². The second kappa shape index (κ2) is 10.5. The van der Waals surface area contributed by atoms with Gasteiger partial charge >= 0.3 is 0 Å². The van der Waals surface area contributed by atoms with E-state index in [1.54, 1.807) is 6.92 Å². The van der Waals surface area contributed by atoms with E-state index in [4.69, 9.17) is 0 Å². The fraction of sp³-hybridized carbons (Fsp3) is 0.318. The van der Waals surface area contributed by atoms with E-state index in [0.29, 0.717) is 27.0 Å². The van der Waals surface area contributed by atoms with E-state index in [1.165, 1.54) is 36.0 Å². The van der Waals surface area contributed by atoms with Crippen LogP contribution in [0.2, 0.25) is 0 Å². The van der Waals surface area contributed by atoms with E-state index in [0.717, 1.165) is 48.3 Å². The lowest BCUT2D eigenvalue weighted by atomic mass is 9.95. The molecule has 1 aromatic carbocycles. The number of amides is 1. The second-order valence-electron chi connectivity index (χ2n) is 7.67. The summed E-state index contributed by atoms with van der Waals surface area (Å²) < 4.78 is 27.3. The number of anilines is 2. The van der Waals surface area contributed by atoms with Gasteiger partial charge in [0.15, 0.2) is 0 Å². The highest BCUT2D eigenvalue weighted by atomic mass is 32.2. The lowest BCUT2D eigenvalue weighted by Crippen LogP contribution is -2.14. The number of pyridine rings is 1. The number of hydrogen-bond donors (Lipinski definition) is 2. The fourth-order valence-electron chi connectivity index (χ4n) is 3.50. The Morgan fingerprint density at radius 3 is 2.68 bits per heavy atom. The smallest absolute Gasteiger partial charge is 0.263 e. The first-order valence-corrected chi connectivity index (χ1v) is 13.9. The number of nitrogens with zero attached hydrogens (tertiary/aromatic N) is 4. The molecule has 1 aliphatic rings. The van der Waals surface area contributed by atoms with Crippen LogP contribution < -0.4 is 10.0 Å². The Balaban J connectivity index is 1.31. The maximum Gasteiger partial charge on any atom is 0.263 e. The summed E-state index contributed by atoms with van der Waals surface area (Å²) in [6.45, 7) is 1.73. The molecule has 4 rings (SSSR count). The number of aromatic nitrogens is 3. The number of sulfonamides is 1. The van der Waals surface area contributed by atoms with Gasteiger partial charge in [-0.3, -0.25) is 9.52 Å². The zero-order valence-corrected chi connectivity index (χ0v) is 20.8. The summed E-state index contributed by atoms with van der Waals surface area (Å²) in [6.07, 6.45) is 4.35. The minimum absolute atomic E-state index is 0.0522. The van der Waals surface area contributed by atoms with Crippen molar-refractivity contribution in [2.45, 2.75) is 48.9 Å². The van der Waals surface area contributed by atoms with Crippen molar-refractivity contribution in [2.75, 3.05) is 15.8 Å². The van der Waals surface area contributed by atoms with Gasteiger partial charge in [-0.2, -0.15) is 5.26 Å². The van der Waals surface area contributed by atoms with Crippen LogP contribution in [-0.4, -0.2) is 35.3 Å². The molecule has 2 N–H and O–H groups in total. The van der Waals surface area contributed by atoms with E-state index in [-0.39, 0.29) is 22.4 Å². The molecular formula is C22H22N6O3S3. The maximum absolute atomic E-state index is 12.5. The first kappa shape index (κ1) is 24.1. The minimum Gasteiger partial charge on any atom is -0.326 e. The van der Waals surface area contributed by atoms with E-state index in [2.05, 4.69) is 31.3 Å². The highest BCUT2D eigenvalue weighted by Crippen LogP contribution is 2.28. The molecule has 9 nitrogen and oxygen atoms in total. The van der Waals surface area contributed by atoms with Crippen molar-refractivity contribution in [3.05, 3.63) is 52.2 Å². The van der Waals surface area contributed by atoms with Gasteiger partial charge in [-0.15, -0.1) is 22.0 Å². The average molecular weight is 515 g/mol. The standard InChI is InChI=1S/C22H22N6O3S3/c1-14-26-27-22(33-14)28-34(30,31)18-8-6-17(7-9-18)24-20(29)10-11-32-21-16(13-23)12-15-4-2-3-5-19(15)25-21/h6-9,12H,2-5,10-11H2,1H3,(H,24,29)(H,27,28). The van der Waals surface area contributed by atoms with Crippen LogP contribution in [0.15, 0.2) is 40.3 Å². The average Bonchev–Trinajstić information content (AvgIpc) is 3.22. The first-order chi connectivity index (χ1) is 16.3. The molecule has 0 spiro atoms. The molecule has 0 aliphatic heterocycles. The van der Waals surface area contributed by atoms with Gasteiger partial charge in [0.1, 0.15) is 16.1 Å². The van der Waals surface area contributed by atoms with Gasteiger partial charge in [-0.1, -0.05) is 11.3 Å². The highest BCUT2D eigenvalue weighted by molar-refractivity contribution is 7.99. The zero-order chi connectivity index (χ0) is 24.1. The van der Waals surface area contributed by atoms with E-state index < -0.39 is 10.0 Å². The largest absolute Gasteiger partial charge is 0.326 e. The number of aryl methyl sites for hydroxylation is 3. The Morgan fingerprint density at radius 2 is 1.97 bits per heavy atom. The number of carbonyl (C=O) groups is 1. The minimum atomic E-state index is -3.79. The molecule has 3 aromatic rings. The summed E-state index contributed by atoms with van der Waals surface area (Å²) in [5, 5.41) is 21.3. The van der Waals surface area contributed by atoms with Crippen molar-refractivity contribution < 1.29 is 13.2 Å². The van der Waals surface area contributed by atoms with Crippen LogP contribution in [0.5, 0.6) is 0 Å². The number of rotatable bonds is 8. The third kappa shape index (κ3) is 5.91. The topological polar surface area (TPSA) is 138 Å². The molecule has 0 saturated carbocycles. The third-order valence-corrected chi connectivity index (χ3v) is 8.38. The molecule has 0 unspecified atom stereocenters. The van der Waals surface area contributed by atoms with E-state index >= 15 is 0 Å². The van der Waals surface area contributed by atoms with E-state index in [1.807, 2.05) is 6.07 Å². The first-order valence-electron chi connectivity index (χ1n) is 10.6. The molecule has 12 heteroatoms. The quantitative estimate of drug-likeness (QED) is 0.432. The van der Waals surface area contributed by atoms with Gasteiger partial charge in [0.05, 0.1) is 10.5 Å². The van der Waals surface area contributed by atoms with Gasteiger partial charge in [0.2, 0.25) is 11.0 Å². The lowest BCUT2D eigenvalue weighted by Gasteiger charge is -2.16. The maximum atomic E-state index is 12.5. The molecule has 2 aromatic heterocycles. The number of carbonyl (C=O) groups excluding carboxylic acids is 1. The van der Waals surface area contributed by atoms with Gasteiger partial charge in [0.25, 0.3) is 10.0 Å². The van der Waals surface area contributed by atoms with Crippen molar-refractivity contribution in [3.63, 3.8) is 0 Å². The predicted octanol–water partition coefficient (Wildman–Crippen LogP) is 3.91. The number of nitriles is 1. The summed E-state index contributed by atoms with van der Waals surface area (Å²) in [7, 11) is -3.79.